The van der Waals surface area contributed by atoms with E-state index in [0.717, 1.165) is 35.6 Å². The summed E-state index contributed by atoms with van der Waals surface area (Å²) in [6.07, 6.45) is 1.71. The molecule has 1 aromatic heterocycles. The zero-order valence-corrected chi connectivity index (χ0v) is 16.5. The highest BCUT2D eigenvalue weighted by molar-refractivity contribution is 6.04. The number of ether oxygens (including phenoxy) is 1. The molecular weight excluding hydrogens is 348 g/mol. The number of carbonyl (C=O) groups excluding carboxylic acids is 1. The number of hydrogen-bond acceptors (Lipinski definition) is 3. The first-order chi connectivity index (χ1) is 13.4. The molecule has 0 aliphatic carbocycles. The smallest absolute Gasteiger partial charge is 0.255 e. The van der Waals surface area contributed by atoms with E-state index in [1.807, 2.05) is 44.2 Å². The summed E-state index contributed by atoms with van der Waals surface area (Å²) in [5, 5.41) is 2.97. The van der Waals surface area contributed by atoms with Crippen molar-refractivity contribution in [2.45, 2.75) is 26.2 Å². The van der Waals surface area contributed by atoms with E-state index in [9.17, 15) is 4.79 Å². The maximum absolute atomic E-state index is 12.6. The van der Waals surface area contributed by atoms with Crippen molar-refractivity contribution in [1.82, 2.24) is 4.98 Å². The molecular formula is C24H24N2O2. The number of rotatable bonds is 4. The van der Waals surface area contributed by atoms with E-state index in [1.54, 1.807) is 6.20 Å². The van der Waals surface area contributed by atoms with Crippen LogP contribution in [-0.2, 0) is 10.2 Å². The highest BCUT2D eigenvalue weighted by atomic mass is 16.5. The summed E-state index contributed by atoms with van der Waals surface area (Å²) in [7, 11) is 0. The normalized spacial score (nSPS) is 15.0. The quantitative estimate of drug-likeness (QED) is 0.708. The van der Waals surface area contributed by atoms with Crippen molar-refractivity contribution >= 4 is 11.6 Å². The number of amides is 1. The van der Waals surface area contributed by atoms with E-state index >= 15 is 0 Å². The van der Waals surface area contributed by atoms with Gasteiger partial charge in [-0.2, -0.15) is 0 Å². The lowest BCUT2D eigenvalue weighted by atomic mass is 9.80. The fourth-order valence-corrected chi connectivity index (χ4v) is 3.52. The second-order valence-corrected chi connectivity index (χ2v) is 7.81. The SMILES string of the molecule is Cc1cccc(C(=O)Nc2cnc(C)c(-c3cccc(C4(C)COC4)c3)c2)c1. The molecule has 1 aliphatic heterocycles. The Labute approximate surface area is 165 Å². The topological polar surface area (TPSA) is 51.2 Å². The first kappa shape index (κ1) is 18.4. The molecule has 0 radical (unpaired) electrons. The van der Waals surface area contributed by atoms with Crippen LogP contribution in [0, 0.1) is 13.8 Å². The third-order valence-corrected chi connectivity index (χ3v) is 5.34. The third-order valence-electron chi connectivity index (χ3n) is 5.34. The van der Waals surface area contributed by atoms with Crippen LogP contribution in [0.2, 0.25) is 0 Å². The summed E-state index contributed by atoms with van der Waals surface area (Å²) in [5.41, 5.74) is 6.79. The van der Waals surface area contributed by atoms with Crippen molar-refractivity contribution in [3.8, 4) is 11.1 Å². The minimum Gasteiger partial charge on any atom is -0.379 e. The second-order valence-electron chi connectivity index (χ2n) is 7.81. The maximum Gasteiger partial charge on any atom is 0.255 e. The van der Waals surface area contributed by atoms with Gasteiger partial charge in [0.2, 0.25) is 0 Å². The number of aromatic nitrogens is 1. The molecule has 0 unspecified atom stereocenters. The highest BCUT2D eigenvalue weighted by Crippen LogP contribution is 2.35. The highest BCUT2D eigenvalue weighted by Gasteiger charge is 2.35. The Morgan fingerprint density at radius 3 is 2.57 bits per heavy atom. The summed E-state index contributed by atoms with van der Waals surface area (Å²) in [6.45, 7) is 7.69. The number of anilines is 1. The lowest BCUT2D eigenvalue weighted by molar-refractivity contribution is -0.0499. The molecule has 0 atom stereocenters. The number of nitrogens with one attached hydrogen (secondary N) is 1. The maximum atomic E-state index is 12.6. The van der Waals surface area contributed by atoms with Crippen molar-refractivity contribution in [1.29, 1.82) is 0 Å². The Hall–Kier alpha value is -2.98. The van der Waals surface area contributed by atoms with Gasteiger partial charge in [-0.25, -0.2) is 0 Å². The number of nitrogens with zero attached hydrogens (tertiary/aromatic N) is 1. The molecule has 4 rings (SSSR count). The Balaban J connectivity index is 1.63. The molecule has 1 fully saturated rings. The van der Waals surface area contributed by atoms with Crippen LogP contribution in [0.4, 0.5) is 5.69 Å². The van der Waals surface area contributed by atoms with E-state index in [2.05, 4.69) is 41.5 Å². The minimum absolute atomic E-state index is 0.0777. The number of carbonyl (C=O) groups is 1. The molecule has 28 heavy (non-hydrogen) atoms. The Bertz CT molecular complexity index is 1040. The van der Waals surface area contributed by atoms with Gasteiger partial charge in [-0.15, -0.1) is 0 Å². The standard InChI is InChI=1S/C24H24N2O2/c1-16-6-4-8-19(10-16)23(27)26-21-12-22(17(2)25-13-21)18-7-5-9-20(11-18)24(3)14-28-15-24/h4-13H,14-15H2,1-3H3,(H,26,27). The largest absolute Gasteiger partial charge is 0.379 e. The van der Waals surface area contributed by atoms with E-state index in [4.69, 9.17) is 4.74 Å². The third kappa shape index (κ3) is 3.56. The van der Waals surface area contributed by atoms with Crippen molar-refractivity contribution in [3.63, 3.8) is 0 Å². The van der Waals surface area contributed by atoms with Crippen LogP contribution in [0.5, 0.6) is 0 Å². The number of hydrogen-bond donors (Lipinski definition) is 1. The molecule has 1 amide bonds. The van der Waals surface area contributed by atoms with Crippen LogP contribution in [-0.4, -0.2) is 24.1 Å². The molecule has 4 nitrogen and oxygen atoms in total. The number of benzene rings is 2. The molecule has 2 aromatic carbocycles. The van der Waals surface area contributed by atoms with Crippen LogP contribution < -0.4 is 5.32 Å². The fourth-order valence-electron chi connectivity index (χ4n) is 3.52. The molecule has 0 spiro atoms. The molecule has 1 N–H and O–H groups in total. The Morgan fingerprint density at radius 2 is 1.86 bits per heavy atom. The van der Waals surface area contributed by atoms with Gasteiger partial charge in [0.05, 0.1) is 25.1 Å². The van der Waals surface area contributed by atoms with Gasteiger partial charge in [-0.1, -0.05) is 48.9 Å². The van der Waals surface area contributed by atoms with E-state index in [-0.39, 0.29) is 11.3 Å². The molecule has 1 saturated heterocycles. The molecule has 1 aliphatic rings. The van der Waals surface area contributed by atoms with Gasteiger partial charge < -0.3 is 10.1 Å². The van der Waals surface area contributed by atoms with Crippen molar-refractivity contribution in [2.75, 3.05) is 18.5 Å². The van der Waals surface area contributed by atoms with E-state index in [1.165, 1.54) is 5.56 Å². The summed E-state index contributed by atoms with van der Waals surface area (Å²) >= 11 is 0. The van der Waals surface area contributed by atoms with Gasteiger partial charge in [-0.05, 0) is 43.2 Å². The average Bonchev–Trinajstić information content (AvgIpc) is 2.67. The van der Waals surface area contributed by atoms with E-state index in [0.29, 0.717) is 11.3 Å². The van der Waals surface area contributed by atoms with E-state index < -0.39 is 0 Å². The Morgan fingerprint density at radius 1 is 1.07 bits per heavy atom. The van der Waals surface area contributed by atoms with Crippen LogP contribution in [0.15, 0.2) is 60.8 Å². The first-order valence-corrected chi connectivity index (χ1v) is 9.48. The lowest BCUT2D eigenvalue weighted by Gasteiger charge is -2.38. The van der Waals surface area contributed by atoms with Crippen molar-refractivity contribution < 1.29 is 9.53 Å². The first-order valence-electron chi connectivity index (χ1n) is 9.48. The second kappa shape index (κ2) is 7.21. The summed E-state index contributed by atoms with van der Waals surface area (Å²) in [5.74, 6) is -0.131. The van der Waals surface area contributed by atoms with Crippen LogP contribution in [0.3, 0.4) is 0 Å². The van der Waals surface area contributed by atoms with Crippen LogP contribution >= 0.6 is 0 Å². The minimum atomic E-state index is -0.131. The summed E-state index contributed by atoms with van der Waals surface area (Å²) < 4.78 is 5.42. The predicted octanol–water partition coefficient (Wildman–Crippen LogP) is 4.91. The van der Waals surface area contributed by atoms with Gasteiger partial charge in [0.15, 0.2) is 0 Å². The summed E-state index contributed by atoms with van der Waals surface area (Å²) in [4.78, 5) is 17.1. The molecule has 142 valence electrons. The zero-order valence-electron chi connectivity index (χ0n) is 16.5. The summed E-state index contributed by atoms with van der Waals surface area (Å²) in [6, 6.07) is 18.1. The van der Waals surface area contributed by atoms with Crippen molar-refractivity contribution in [3.05, 3.63) is 83.2 Å². The van der Waals surface area contributed by atoms with Crippen LogP contribution in [0.1, 0.15) is 34.1 Å². The molecule has 2 heterocycles. The fraction of sp³-hybridized carbons (Fsp3) is 0.250. The van der Waals surface area contributed by atoms with Gasteiger partial charge in [0.25, 0.3) is 5.91 Å². The molecule has 3 aromatic rings. The van der Waals surface area contributed by atoms with Gasteiger partial charge in [0.1, 0.15) is 0 Å². The molecule has 4 heteroatoms. The monoisotopic (exact) mass is 372 g/mol. The Kier molecular flexibility index (Phi) is 4.73. The predicted molar refractivity (Wildman–Crippen MR) is 112 cm³/mol. The van der Waals surface area contributed by atoms with Crippen molar-refractivity contribution in [2.24, 2.45) is 0 Å². The van der Waals surface area contributed by atoms with Gasteiger partial charge >= 0.3 is 0 Å². The lowest BCUT2D eigenvalue weighted by Crippen LogP contribution is -2.43. The molecule has 0 saturated carbocycles. The average molecular weight is 372 g/mol. The molecule has 0 bridgehead atoms. The van der Waals surface area contributed by atoms with Gasteiger partial charge in [0, 0.05) is 22.2 Å². The van der Waals surface area contributed by atoms with Crippen LogP contribution in [0.25, 0.3) is 11.1 Å². The number of pyridine rings is 1. The van der Waals surface area contributed by atoms with Gasteiger partial charge in [-0.3, -0.25) is 9.78 Å². The number of aryl methyl sites for hydroxylation is 2. The zero-order chi connectivity index (χ0) is 19.7.